The van der Waals surface area contributed by atoms with E-state index in [4.69, 9.17) is 11.6 Å². The van der Waals surface area contributed by atoms with E-state index in [1.165, 1.54) is 25.1 Å². The highest BCUT2D eigenvalue weighted by molar-refractivity contribution is 7.92. The van der Waals surface area contributed by atoms with Gasteiger partial charge in [0.15, 0.2) is 0 Å². The lowest BCUT2D eigenvalue weighted by Gasteiger charge is -2.30. The maximum absolute atomic E-state index is 13.1. The molecule has 0 fully saturated rings. The molecule has 2 rings (SSSR count). The van der Waals surface area contributed by atoms with Crippen molar-refractivity contribution in [2.24, 2.45) is 0 Å². The van der Waals surface area contributed by atoms with Gasteiger partial charge in [-0.15, -0.1) is 0 Å². The number of sulfonamides is 1. The summed E-state index contributed by atoms with van der Waals surface area (Å²) in [7, 11) is -3.74. The van der Waals surface area contributed by atoms with Gasteiger partial charge in [-0.3, -0.25) is 9.10 Å². The Hall–Kier alpha value is -2.12. The van der Waals surface area contributed by atoms with Crippen molar-refractivity contribution in [3.8, 4) is 0 Å². The van der Waals surface area contributed by atoms with Gasteiger partial charge in [-0.05, 0) is 56.2 Å². The molecule has 0 bridgehead atoms. The van der Waals surface area contributed by atoms with Crippen molar-refractivity contribution in [1.29, 1.82) is 0 Å². The quantitative estimate of drug-likeness (QED) is 0.784. The van der Waals surface area contributed by atoms with Gasteiger partial charge < -0.3 is 5.32 Å². The minimum absolute atomic E-state index is 0.349. The third-order valence-electron chi connectivity index (χ3n) is 4.23. The standard InChI is InChI=1S/C19H22ClFN2O3S/c1-12-5-8-16(20)11-18(12)23(27(4,25)26)14(3)19(24)22-13(2)15-6-9-17(21)10-7-15/h5-11,13-14H,1-4H3,(H,22,24)/t13-,14+/m1/s1. The average molecular weight is 413 g/mol. The molecule has 0 aliphatic carbocycles. The van der Waals surface area contributed by atoms with E-state index in [-0.39, 0.29) is 5.82 Å². The molecule has 2 atom stereocenters. The summed E-state index contributed by atoms with van der Waals surface area (Å²) in [4.78, 5) is 12.7. The largest absolute Gasteiger partial charge is 0.348 e. The monoisotopic (exact) mass is 412 g/mol. The number of carbonyl (C=O) groups excluding carboxylic acids is 1. The number of benzene rings is 2. The molecule has 2 aromatic carbocycles. The molecular formula is C19H22ClFN2O3S. The van der Waals surface area contributed by atoms with E-state index < -0.39 is 28.0 Å². The van der Waals surface area contributed by atoms with Crippen molar-refractivity contribution >= 4 is 33.2 Å². The summed E-state index contributed by atoms with van der Waals surface area (Å²) in [6, 6.07) is 9.21. The molecule has 2 aromatic rings. The van der Waals surface area contributed by atoms with Crippen LogP contribution in [0.15, 0.2) is 42.5 Å². The number of amides is 1. The number of aryl methyl sites for hydroxylation is 1. The number of hydrogen-bond donors (Lipinski definition) is 1. The minimum atomic E-state index is -3.74. The first-order valence-electron chi connectivity index (χ1n) is 8.32. The third kappa shape index (κ3) is 5.20. The van der Waals surface area contributed by atoms with Gasteiger partial charge in [0.2, 0.25) is 15.9 Å². The molecule has 5 nitrogen and oxygen atoms in total. The Morgan fingerprint density at radius 1 is 1.15 bits per heavy atom. The molecule has 0 aliphatic rings. The molecule has 146 valence electrons. The van der Waals surface area contributed by atoms with Crippen LogP contribution in [-0.4, -0.2) is 26.6 Å². The van der Waals surface area contributed by atoms with Crippen LogP contribution in [-0.2, 0) is 14.8 Å². The molecule has 0 unspecified atom stereocenters. The summed E-state index contributed by atoms with van der Waals surface area (Å²) in [6.07, 6.45) is 1.04. The van der Waals surface area contributed by atoms with Gasteiger partial charge >= 0.3 is 0 Å². The topological polar surface area (TPSA) is 66.5 Å². The summed E-state index contributed by atoms with van der Waals surface area (Å²) in [5, 5.41) is 3.14. The number of halogens is 2. The lowest BCUT2D eigenvalue weighted by atomic mass is 10.1. The number of hydrogen-bond acceptors (Lipinski definition) is 3. The van der Waals surface area contributed by atoms with Crippen LogP contribution in [0.4, 0.5) is 10.1 Å². The molecule has 0 spiro atoms. The van der Waals surface area contributed by atoms with Crippen LogP contribution >= 0.6 is 11.6 Å². The van der Waals surface area contributed by atoms with Crippen molar-refractivity contribution < 1.29 is 17.6 Å². The third-order valence-corrected chi connectivity index (χ3v) is 5.69. The van der Waals surface area contributed by atoms with Crippen LogP contribution in [0.5, 0.6) is 0 Å². The lowest BCUT2D eigenvalue weighted by Crippen LogP contribution is -2.48. The zero-order valence-corrected chi connectivity index (χ0v) is 17.1. The molecular weight excluding hydrogens is 391 g/mol. The van der Waals surface area contributed by atoms with E-state index in [0.29, 0.717) is 21.8 Å². The fourth-order valence-electron chi connectivity index (χ4n) is 2.77. The maximum atomic E-state index is 13.1. The van der Waals surface area contributed by atoms with E-state index in [2.05, 4.69) is 5.32 Å². The zero-order valence-electron chi connectivity index (χ0n) is 15.5. The molecule has 1 N–H and O–H groups in total. The molecule has 1 amide bonds. The highest BCUT2D eigenvalue weighted by atomic mass is 35.5. The first-order chi connectivity index (χ1) is 12.5. The predicted octanol–water partition coefficient (Wildman–Crippen LogP) is 3.82. The molecule has 0 saturated carbocycles. The highest BCUT2D eigenvalue weighted by Gasteiger charge is 2.31. The smallest absolute Gasteiger partial charge is 0.244 e. The summed E-state index contributed by atoms with van der Waals surface area (Å²) in [5.41, 5.74) is 1.74. The van der Waals surface area contributed by atoms with Crippen molar-refractivity contribution in [3.05, 3.63) is 64.4 Å². The van der Waals surface area contributed by atoms with E-state index in [1.807, 2.05) is 0 Å². The molecule has 0 aliphatic heterocycles. The molecule has 27 heavy (non-hydrogen) atoms. The molecule has 0 heterocycles. The Morgan fingerprint density at radius 3 is 2.30 bits per heavy atom. The molecule has 0 saturated heterocycles. The van der Waals surface area contributed by atoms with Crippen molar-refractivity contribution in [3.63, 3.8) is 0 Å². The Labute approximate surface area is 164 Å². The van der Waals surface area contributed by atoms with Crippen LogP contribution in [0.3, 0.4) is 0 Å². The Kier molecular flexibility index (Phi) is 6.49. The van der Waals surface area contributed by atoms with Crippen LogP contribution in [0.2, 0.25) is 5.02 Å². The van der Waals surface area contributed by atoms with E-state index in [0.717, 1.165) is 10.6 Å². The van der Waals surface area contributed by atoms with Crippen LogP contribution in [0, 0.1) is 12.7 Å². The number of anilines is 1. The normalized spacial score (nSPS) is 13.7. The molecule has 0 aromatic heterocycles. The Morgan fingerprint density at radius 2 is 1.74 bits per heavy atom. The van der Waals surface area contributed by atoms with Crippen LogP contribution in [0.25, 0.3) is 0 Å². The SMILES string of the molecule is Cc1ccc(Cl)cc1N([C@@H](C)C(=O)N[C@H](C)c1ccc(F)cc1)S(C)(=O)=O. The molecule has 8 heteroatoms. The lowest BCUT2D eigenvalue weighted by molar-refractivity contribution is -0.122. The Balaban J connectivity index is 2.30. The maximum Gasteiger partial charge on any atom is 0.244 e. The fourth-order valence-corrected chi connectivity index (χ4v) is 4.16. The summed E-state index contributed by atoms with van der Waals surface area (Å²) in [5.74, 6) is -0.845. The van der Waals surface area contributed by atoms with E-state index >= 15 is 0 Å². The van der Waals surface area contributed by atoms with Gasteiger partial charge in [-0.2, -0.15) is 0 Å². The zero-order chi connectivity index (χ0) is 20.4. The second kappa shape index (κ2) is 8.27. The van der Waals surface area contributed by atoms with Crippen LogP contribution < -0.4 is 9.62 Å². The van der Waals surface area contributed by atoms with Gasteiger partial charge in [0, 0.05) is 5.02 Å². The van der Waals surface area contributed by atoms with Crippen molar-refractivity contribution in [1.82, 2.24) is 5.32 Å². The average Bonchev–Trinajstić information content (AvgIpc) is 2.57. The van der Waals surface area contributed by atoms with Crippen molar-refractivity contribution in [2.75, 3.05) is 10.6 Å². The van der Waals surface area contributed by atoms with Gasteiger partial charge in [-0.1, -0.05) is 29.8 Å². The first-order valence-corrected chi connectivity index (χ1v) is 10.5. The van der Waals surface area contributed by atoms with Gasteiger partial charge in [-0.25, -0.2) is 12.8 Å². The Bertz CT molecular complexity index is 932. The fraction of sp³-hybridized carbons (Fsp3) is 0.316. The van der Waals surface area contributed by atoms with Gasteiger partial charge in [0.25, 0.3) is 0 Å². The number of carbonyl (C=O) groups is 1. The number of rotatable bonds is 6. The summed E-state index contributed by atoms with van der Waals surface area (Å²) < 4.78 is 38.9. The van der Waals surface area contributed by atoms with Gasteiger partial charge in [0.1, 0.15) is 11.9 Å². The second-order valence-electron chi connectivity index (χ2n) is 6.45. The minimum Gasteiger partial charge on any atom is -0.348 e. The number of nitrogens with zero attached hydrogens (tertiary/aromatic N) is 1. The summed E-state index contributed by atoms with van der Waals surface area (Å²) in [6.45, 7) is 5.00. The number of nitrogens with one attached hydrogen (secondary N) is 1. The molecule has 0 radical (unpaired) electrons. The van der Waals surface area contributed by atoms with E-state index in [9.17, 15) is 17.6 Å². The summed E-state index contributed by atoms with van der Waals surface area (Å²) >= 11 is 6.02. The van der Waals surface area contributed by atoms with E-state index in [1.54, 1.807) is 38.1 Å². The second-order valence-corrected chi connectivity index (χ2v) is 8.74. The van der Waals surface area contributed by atoms with Crippen molar-refractivity contribution in [2.45, 2.75) is 32.9 Å². The van der Waals surface area contributed by atoms with Crippen LogP contribution in [0.1, 0.15) is 31.0 Å². The first kappa shape index (κ1) is 21.2. The highest BCUT2D eigenvalue weighted by Crippen LogP contribution is 2.28. The van der Waals surface area contributed by atoms with Gasteiger partial charge in [0.05, 0.1) is 18.0 Å². The predicted molar refractivity (Wildman–Crippen MR) is 106 cm³/mol.